The second-order valence-electron chi connectivity index (χ2n) is 4.01. The standard InChI is InChI=1S/C12H28N2O2/c1-4-5-10-16-12-9-14(2)8-6-13-7-11-15-3/h13H,4-12H2,1-3H3. The Morgan fingerprint density at radius 1 is 1.06 bits per heavy atom. The summed E-state index contributed by atoms with van der Waals surface area (Å²) in [4.78, 5) is 2.28. The van der Waals surface area contributed by atoms with E-state index in [4.69, 9.17) is 9.47 Å². The summed E-state index contributed by atoms with van der Waals surface area (Å²) in [6.07, 6.45) is 2.38. The highest BCUT2D eigenvalue weighted by molar-refractivity contribution is 4.54. The molecule has 98 valence electrons. The van der Waals surface area contributed by atoms with Crippen LogP contribution in [0.25, 0.3) is 0 Å². The van der Waals surface area contributed by atoms with Gasteiger partial charge in [-0.2, -0.15) is 0 Å². The summed E-state index contributed by atoms with van der Waals surface area (Å²) in [7, 11) is 3.85. The Bertz CT molecular complexity index is 120. The van der Waals surface area contributed by atoms with Crippen molar-refractivity contribution in [1.82, 2.24) is 10.2 Å². The molecule has 16 heavy (non-hydrogen) atoms. The molecule has 0 bridgehead atoms. The quantitative estimate of drug-likeness (QED) is 0.508. The van der Waals surface area contributed by atoms with Crippen LogP contribution < -0.4 is 5.32 Å². The van der Waals surface area contributed by atoms with Gasteiger partial charge in [-0.25, -0.2) is 0 Å². The zero-order valence-corrected chi connectivity index (χ0v) is 11.1. The smallest absolute Gasteiger partial charge is 0.0593 e. The summed E-state index contributed by atoms with van der Waals surface area (Å²) in [6.45, 7) is 8.71. The molecule has 0 aromatic carbocycles. The Morgan fingerprint density at radius 2 is 1.88 bits per heavy atom. The van der Waals surface area contributed by atoms with Crippen LogP contribution in [0, 0.1) is 0 Å². The van der Waals surface area contributed by atoms with Gasteiger partial charge in [0, 0.05) is 39.9 Å². The number of methoxy groups -OCH3 is 1. The predicted octanol–water partition coefficient (Wildman–Crippen LogP) is 0.971. The summed E-state index contributed by atoms with van der Waals surface area (Å²) in [5, 5.41) is 3.32. The largest absolute Gasteiger partial charge is 0.383 e. The van der Waals surface area contributed by atoms with E-state index in [2.05, 4.69) is 24.2 Å². The number of likely N-dealkylation sites (N-methyl/N-ethyl adjacent to an activating group) is 1. The number of rotatable bonds is 12. The second-order valence-corrected chi connectivity index (χ2v) is 4.01. The lowest BCUT2D eigenvalue weighted by molar-refractivity contribution is 0.109. The molecular weight excluding hydrogens is 204 g/mol. The lowest BCUT2D eigenvalue weighted by Crippen LogP contribution is -2.32. The molecule has 0 heterocycles. The minimum Gasteiger partial charge on any atom is -0.383 e. The Balaban J connectivity index is 3.09. The highest BCUT2D eigenvalue weighted by Crippen LogP contribution is 1.88. The first-order valence-corrected chi connectivity index (χ1v) is 6.27. The maximum atomic E-state index is 5.51. The van der Waals surface area contributed by atoms with Crippen molar-refractivity contribution in [2.45, 2.75) is 19.8 Å². The zero-order valence-electron chi connectivity index (χ0n) is 11.1. The van der Waals surface area contributed by atoms with Crippen molar-refractivity contribution in [1.29, 1.82) is 0 Å². The first-order valence-electron chi connectivity index (χ1n) is 6.27. The monoisotopic (exact) mass is 232 g/mol. The van der Waals surface area contributed by atoms with Crippen LogP contribution in [0.1, 0.15) is 19.8 Å². The van der Waals surface area contributed by atoms with Gasteiger partial charge in [-0.1, -0.05) is 13.3 Å². The molecule has 0 aromatic heterocycles. The van der Waals surface area contributed by atoms with Crippen LogP contribution in [0.3, 0.4) is 0 Å². The fraction of sp³-hybridized carbons (Fsp3) is 1.00. The van der Waals surface area contributed by atoms with Crippen molar-refractivity contribution in [2.75, 3.05) is 60.2 Å². The van der Waals surface area contributed by atoms with Crippen molar-refractivity contribution in [3.05, 3.63) is 0 Å². The molecule has 4 nitrogen and oxygen atoms in total. The van der Waals surface area contributed by atoms with Gasteiger partial charge in [0.25, 0.3) is 0 Å². The average molecular weight is 232 g/mol. The highest BCUT2D eigenvalue weighted by Gasteiger charge is 1.97. The van der Waals surface area contributed by atoms with Crippen LogP contribution in [-0.2, 0) is 9.47 Å². The van der Waals surface area contributed by atoms with Crippen molar-refractivity contribution in [3.8, 4) is 0 Å². The maximum Gasteiger partial charge on any atom is 0.0593 e. The fourth-order valence-corrected chi connectivity index (χ4v) is 1.25. The first kappa shape index (κ1) is 15.8. The summed E-state index contributed by atoms with van der Waals surface area (Å²) >= 11 is 0. The molecule has 0 aliphatic carbocycles. The van der Waals surface area contributed by atoms with Crippen LogP contribution >= 0.6 is 0 Å². The van der Waals surface area contributed by atoms with Crippen molar-refractivity contribution in [2.24, 2.45) is 0 Å². The van der Waals surface area contributed by atoms with Gasteiger partial charge in [-0.3, -0.25) is 0 Å². The third-order valence-electron chi connectivity index (χ3n) is 2.41. The van der Waals surface area contributed by atoms with Crippen molar-refractivity contribution in [3.63, 3.8) is 0 Å². The van der Waals surface area contributed by atoms with Gasteiger partial charge in [0.15, 0.2) is 0 Å². The highest BCUT2D eigenvalue weighted by atomic mass is 16.5. The first-order chi connectivity index (χ1) is 7.81. The zero-order chi connectivity index (χ0) is 12.1. The Morgan fingerprint density at radius 3 is 2.56 bits per heavy atom. The predicted molar refractivity (Wildman–Crippen MR) is 68.0 cm³/mol. The third kappa shape index (κ3) is 11.9. The minimum atomic E-state index is 0.782. The molecule has 0 atom stereocenters. The molecule has 0 unspecified atom stereocenters. The summed E-state index contributed by atoms with van der Waals surface area (Å²) in [5.74, 6) is 0. The van der Waals surface area contributed by atoms with Gasteiger partial charge in [0.2, 0.25) is 0 Å². The number of unbranched alkanes of at least 4 members (excludes halogenated alkanes) is 1. The Kier molecular flexibility index (Phi) is 12.8. The molecule has 0 amide bonds. The van der Waals surface area contributed by atoms with E-state index in [1.807, 2.05) is 0 Å². The van der Waals surface area contributed by atoms with Gasteiger partial charge >= 0.3 is 0 Å². The van der Waals surface area contributed by atoms with E-state index >= 15 is 0 Å². The van der Waals surface area contributed by atoms with Gasteiger partial charge < -0.3 is 19.7 Å². The molecule has 0 rings (SSSR count). The third-order valence-corrected chi connectivity index (χ3v) is 2.41. The molecular formula is C12H28N2O2. The van der Waals surface area contributed by atoms with E-state index in [0.29, 0.717) is 0 Å². The summed E-state index contributed by atoms with van der Waals surface area (Å²) < 4.78 is 10.5. The molecule has 0 fully saturated rings. The van der Waals surface area contributed by atoms with Gasteiger partial charge in [-0.05, 0) is 13.5 Å². The van der Waals surface area contributed by atoms with Crippen LogP contribution in [0.15, 0.2) is 0 Å². The topological polar surface area (TPSA) is 33.7 Å². The molecule has 0 aliphatic heterocycles. The number of hydrogen-bond acceptors (Lipinski definition) is 4. The maximum absolute atomic E-state index is 5.51. The molecule has 0 aromatic rings. The molecule has 0 spiro atoms. The van der Waals surface area contributed by atoms with Gasteiger partial charge in [0.1, 0.15) is 0 Å². The van der Waals surface area contributed by atoms with Crippen LogP contribution in [0.2, 0.25) is 0 Å². The van der Waals surface area contributed by atoms with E-state index < -0.39 is 0 Å². The number of hydrogen-bond donors (Lipinski definition) is 1. The van der Waals surface area contributed by atoms with Crippen LogP contribution in [0.5, 0.6) is 0 Å². The van der Waals surface area contributed by atoms with Crippen LogP contribution in [-0.4, -0.2) is 65.1 Å². The van der Waals surface area contributed by atoms with Crippen LogP contribution in [0.4, 0.5) is 0 Å². The van der Waals surface area contributed by atoms with Gasteiger partial charge in [-0.15, -0.1) is 0 Å². The molecule has 0 radical (unpaired) electrons. The molecule has 0 saturated carbocycles. The molecule has 0 saturated heterocycles. The SMILES string of the molecule is CCCCOCCN(C)CCNCCOC. The van der Waals surface area contributed by atoms with E-state index in [1.54, 1.807) is 7.11 Å². The minimum absolute atomic E-state index is 0.782. The van der Waals surface area contributed by atoms with E-state index in [0.717, 1.165) is 46.0 Å². The van der Waals surface area contributed by atoms with E-state index in [-0.39, 0.29) is 0 Å². The average Bonchev–Trinajstić information content (AvgIpc) is 2.28. The Labute approximate surface area is 100 Å². The lowest BCUT2D eigenvalue weighted by atomic mass is 10.4. The van der Waals surface area contributed by atoms with E-state index in [1.165, 1.54) is 12.8 Å². The van der Waals surface area contributed by atoms with Crippen molar-refractivity contribution < 1.29 is 9.47 Å². The molecule has 4 heteroatoms. The lowest BCUT2D eigenvalue weighted by Gasteiger charge is -2.16. The number of ether oxygens (including phenoxy) is 2. The fourth-order valence-electron chi connectivity index (χ4n) is 1.25. The molecule has 0 aliphatic rings. The molecule has 1 N–H and O–H groups in total. The number of nitrogens with zero attached hydrogens (tertiary/aromatic N) is 1. The summed E-state index contributed by atoms with van der Waals surface area (Å²) in [5.41, 5.74) is 0. The summed E-state index contributed by atoms with van der Waals surface area (Å²) in [6, 6.07) is 0. The normalized spacial score (nSPS) is 11.2. The second kappa shape index (κ2) is 12.9. The Hall–Kier alpha value is -0.160. The van der Waals surface area contributed by atoms with E-state index in [9.17, 15) is 0 Å². The van der Waals surface area contributed by atoms with Gasteiger partial charge in [0.05, 0.1) is 13.2 Å². The number of nitrogens with one attached hydrogen (secondary N) is 1. The van der Waals surface area contributed by atoms with Crippen molar-refractivity contribution >= 4 is 0 Å².